The first-order chi connectivity index (χ1) is 14.0. The maximum Gasteiger partial charge on any atom is 0.269 e. The number of ketones is 1. The number of nitrogens with zero attached hydrogens (tertiary/aromatic N) is 1. The first-order valence-electron chi connectivity index (χ1n) is 9.57. The van der Waals surface area contributed by atoms with Crippen LogP contribution in [0.3, 0.4) is 0 Å². The van der Waals surface area contributed by atoms with Gasteiger partial charge >= 0.3 is 0 Å². The summed E-state index contributed by atoms with van der Waals surface area (Å²) in [6, 6.07) is 18.6. The summed E-state index contributed by atoms with van der Waals surface area (Å²) in [4.78, 5) is 25.2. The topological polar surface area (TPSA) is 69.4 Å². The van der Waals surface area contributed by atoms with E-state index >= 15 is 0 Å². The number of hydrogen-bond donors (Lipinski definition) is 0. The Morgan fingerprint density at radius 3 is 2.48 bits per heavy atom. The molecule has 1 fully saturated rings. The van der Waals surface area contributed by atoms with Crippen molar-refractivity contribution in [3.8, 4) is 5.75 Å². The van der Waals surface area contributed by atoms with Crippen LogP contribution in [0.1, 0.15) is 35.8 Å². The van der Waals surface area contributed by atoms with Crippen LogP contribution in [0.4, 0.5) is 0 Å². The van der Waals surface area contributed by atoms with E-state index in [1.165, 1.54) is 0 Å². The van der Waals surface area contributed by atoms with Gasteiger partial charge in [0.05, 0.1) is 11.8 Å². The van der Waals surface area contributed by atoms with Gasteiger partial charge < -0.3 is 4.74 Å². The van der Waals surface area contributed by atoms with Gasteiger partial charge in [0.25, 0.3) is 5.54 Å². The first-order valence-corrected chi connectivity index (χ1v) is 9.94. The van der Waals surface area contributed by atoms with E-state index < -0.39 is 17.4 Å². The van der Waals surface area contributed by atoms with E-state index in [4.69, 9.17) is 16.3 Å². The number of nitro groups is 1. The highest BCUT2D eigenvalue weighted by Crippen LogP contribution is 2.55. The maximum atomic E-state index is 12.8. The molecule has 0 radical (unpaired) electrons. The molecule has 0 bridgehead atoms. The van der Waals surface area contributed by atoms with Gasteiger partial charge in [-0.15, -0.1) is 0 Å². The molecule has 1 aliphatic heterocycles. The van der Waals surface area contributed by atoms with Crippen LogP contribution in [0, 0.1) is 10.1 Å². The largest absolute Gasteiger partial charge is 0.486 e. The molecule has 6 heteroatoms. The summed E-state index contributed by atoms with van der Waals surface area (Å²) in [5.41, 5.74) is 0.119. The van der Waals surface area contributed by atoms with Gasteiger partial charge in [-0.1, -0.05) is 54.1 Å². The second-order valence-corrected chi connectivity index (χ2v) is 8.28. The molecule has 5 rings (SSSR count). The minimum Gasteiger partial charge on any atom is -0.486 e. The third kappa shape index (κ3) is 2.64. The number of Topliss-reactive ketones (excluding diaryl/α,β-unsaturated/α-hetero) is 1. The fourth-order valence-electron chi connectivity index (χ4n) is 5.05. The molecule has 1 aliphatic carbocycles. The summed E-state index contributed by atoms with van der Waals surface area (Å²) >= 11 is 6.02. The average molecular weight is 408 g/mol. The van der Waals surface area contributed by atoms with Gasteiger partial charge in [-0.05, 0) is 34.5 Å². The van der Waals surface area contributed by atoms with Crippen molar-refractivity contribution in [2.45, 2.75) is 30.2 Å². The van der Waals surface area contributed by atoms with Crippen molar-refractivity contribution in [3.05, 3.63) is 86.9 Å². The SMILES string of the molecule is O=C1C[C@H](c2ccc(Cl)cc2)[C@@]2([N+](=O)[O-])COc3ccc4ccccc4c3[C@H]2C1. The Balaban J connectivity index is 1.76. The van der Waals surface area contributed by atoms with Crippen molar-refractivity contribution in [1.82, 2.24) is 0 Å². The summed E-state index contributed by atoms with van der Waals surface area (Å²) in [5, 5.41) is 15.0. The molecular formula is C23H18ClNO4. The predicted octanol–water partition coefficient (Wildman–Crippen LogP) is 5.13. The van der Waals surface area contributed by atoms with Crippen molar-refractivity contribution in [1.29, 1.82) is 0 Å². The van der Waals surface area contributed by atoms with Crippen LogP contribution < -0.4 is 4.74 Å². The summed E-state index contributed by atoms with van der Waals surface area (Å²) in [6.45, 7) is -0.0589. The molecule has 29 heavy (non-hydrogen) atoms. The summed E-state index contributed by atoms with van der Waals surface area (Å²) < 4.78 is 6.00. The number of ether oxygens (including phenoxy) is 1. The molecule has 1 saturated carbocycles. The predicted molar refractivity (Wildman–Crippen MR) is 110 cm³/mol. The van der Waals surface area contributed by atoms with Gasteiger partial charge in [-0.25, -0.2) is 0 Å². The van der Waals surface area contributed by atoms with Crippen LogP contribution in [0.5, 0.6) is 5.75 Å². The normalized spacial score (nSPS) is 25.8. The highest BCUT2D eigenvalue weighted by molar-refractivity contribution is 6.30. The van der Waals surface area contributed by atoms with Gasteiger partial charge in [-0.3, -0.25) is 14.9 Å². The van der Waals surface area contributed by atoms with E-state index in [9.17, 15) is 14.9 Å². The smallest absolute Gasteiger partial charge is 0.269 e. The molecule has 0 spiro atoms. The third-order valence-electron chi connectivity index (χ3n) is 6.42. The molecule has 1 heterocycles. The Kier molecular flexibility index (Phi) is 4.10. The fraction of sp³-hybridized carbons (Fsp3) is 0.261. The molecule has 3 atom stereocenters. The van der Waals surface area contributed by atoms with Crippen LogP contribution in [-0.2, 0) is 4.79 Å². The van der Waals surface area contributed by atoms with Crippen molar-refractivity contribution in [2.75, 3.05) is 6.61 Å². The van der Waals surface area contributed by atoms with Gasteiger partial charge in [0.1, 0.15) is 11.5 Å². The van der Waals surface area contributed by atoms with Crippen molar-refractivity contribution < 1.29 is 14.5 Å². The minimum atomic E-state index is -1.40. The Morgan fingerprint density at radius 2 is 1.72 bits per heavy atom. The van der Waals surface area contributed by atoms with E-state index in [-0.39, 0.29) is 30.2 Å². The van der Waals surface area contributed by atoms with Crippen molar-refractivity contribution >= 4 is 28.2 Å². The lowest BCUT2D eigenvalue weighted by Gasteiger charge is -2.45. The number of halogens is 1. The van der Waals surface area contributed by atoms with Crippen molar-refractivity contribution in [2.24, 2.45) is 0 Å². The summed E-state index contributed by atoms with van der Waals surface area (Å²) in [5.74, 6) is -0.452. The number of carbonyl (C=O) groups is 1. The maximum absolute atomic E-state index is 12.8. The second kappa shape index (κ2) is 6.56. The van der Waals surface area contributed by atoms with Crippen LogP contribution >= 0.6 is 11.6 Å². The molecule has 3 aromatic rings. The van der Waals surface area contributed by atoms with Gasteiger partial charge in [0.2, 0.25) is 0 Å². The van der Waals surface area contributed by atoms with Crippen LogP contribution in [0.25, 0.3) is 10.8 Å². The molecule has 5 nitrogen and oxygen atoms in total. The Labute approximate surface area is 172 Å². The molecule has 0 aromatic heterocycles. The van der Waals surface area contributed by atoms with E-state index in [0.717, 1.165) is 21.9 Å². The lowest BCUT2D eigenvalue weighted by atomic mass is 9.60. The Morgan fingerprint density at radius 1 is 1.00 bits per heavy atom. The number of carbonyl (C=O) groups excluding carboxylic acids is 1. The van der Waals surface area contributed by atoms with Crippen molar-refractivity contribution in [3.63, 3.8) is 0 Å². The van der Waals surface area contributed by atoms with E-state index in [1.807, 2.05) is 36.4 Å². The molecule has 146 valence electrons. The lowest BCUT2D eigenvalue weighted by Crippen LogP contribution is -2.59. The van der Waals surface area contributed by atoms with Crippen LogP contribution in [-0.4, -0.2) is 22.9 Å². The quantitative estimate of drug-likeness (QED) is 0.436. The highest BCUT2D eigenvalue weighted by atomic mass is 35.5. The molecular weight excluding hydrogens is 390 g/mol. The first kappa shape index (κ1) is 18.1. The zero-order valence-electron chi connectivity index (χ0n) is 15.5. The van der Waals surface area contributed by atoms with E-state index in [1.54, 1.807) is 24.3 Å². The number of hydrogen-bond acceptors (Lipinski definition) is 4. The fourth-order valence-corrected chi connectivity index (χ4v) is 5.18. The molecule has 2 aliphatic rings. The average Bonchev–Trinajstić information content (AvgIpc) is 2.73. The number of fused-ring (bicyclic) bond motifs is 5. The van der Waals surface area contributed by atoms with Gasteiger partial charge in [0, 0.05) is 28.4 Å². The lowest BCUT2D eigenvalue weighted by molar-refractivity contribution is -0.585. The standard InChI is InChI=1S/C23H18ClNO4/c24-16-8-5-15(6-9-16)19-11-17(26)12-20-22-18-4-2-1-3-14(18)7-10-21(22)29-13-23(19,20)25(27)28/h1-10,19-20H,11-13H2/t19-,20-,23+/m1/s1. The zero-order chi connectivity index (χ0) is 20.2. The van der Waals surface area contributed by atoms with E-state index in [2.05, 4.69) is 0 Å². The van der Waals surface area contributed by atoms with Crippen LogP contribution in [0.2, 0.25) is 5.02 Å². The zero-order valence-corrected chi connectivity index (χ0v) is 16.3. The van der Waals surface area contributed by atoms with Gasteiger partial charge in [0.15, 0.2) is 6.61 Å². The van der Waals surface area contributed by atoms with Crippen LogP contribution in [0.15, 0.2) is 60.7 Å². The molecule has 0 N–H and O–H groups in total. The Hall–Kier alpha value is -2.92. The number of rotatable bonds is 2. The molecule has 0 saturated heterocycles. The molecule has 0 unspecified atom stereocenters. The molecule has 0 amide bonds. The second-order valence-electron chi connectivity index (χ2n) is 7.84. The molecule has 3 aromatic carbocycles. The monoisotopic (exact) mass is 407 g/mol. The van der Waals surface area contributed by atoms with Gasteiger partial charge in [-0.2, -0.15) is 0 Å². The summed E-state index contributed by atoms with van der Waals surface area (Å²) in [7, 11) is 0. The van der Waals surface area contributed by atoms with E-state index in [0.29, 0.717) is 10.8 Å². The Bertz CT molecular complexity index is 1140. The third-order valence-corrected chi connectivity index (χ3v) is 6.67. The highest BCUT2D eigenvalue weighted by Gasteiger charge is 2.64. The number of benzene rings is 3. The summed E-state index contributed by atoms with van der Waals surface area (Å²) in [6.07, 6.45) is 0.276. The minimum absolute atomic E-state index is 0.0354.